The molecule has 2 aromatic heterocycles. The van der Waals surface area contributed by atoms with Crippen LogP contribution in [-0.2, 0) is 17.8 Å². The molecule has 5 nitrogen and oxygen atoms in total. The molecule has 0 radical (unpaired) electrons. The molecule has 0 unspecified atom stereocenters. The van der Waals surface area contributed by atoms with Crippen LogP contribution in [0, 0.1) is 6.92 Å². The summed E-state index contributed by atoms with van der Waals surface area (Å²) in [6, 6.07) is 3.83. The van der Waals surface area contributed by atoms with Gasteiger partial charge in [0.05, 0.1) is 0 Å². The number of nitrogens with zero attached hydrogens (tertiary/aromatic N) is 3. The monoisotopic (exact) mass is 280 g/mol. The summed E-state index contributed by atoms with van der Waals surface area (Å²) in [7, 11) is 0. The fourth-order valence-electron chi connectivity index (χ4n) is 1.98. The summed E-state index contributed by atoms with van der Waals surface area (Å²) in [4.78, 5) is 20.7. The third kappa shape index (κ3) is 3.04. The fraction of sp³-hybridized carbons (Fsp3) is 0.462. The van der Waals surface area contributed by atoms with E-state index in [1.165, 1.54) is 0 Å². The summed E-state index contributed by atoms with van der Waals surface area (Å²) in [5, 5.41) is 2.78. The molecule has 19 heavy (non-hydrogen) atoms. The molecule has 1 amide bonds. The van der Waals surface area contributed by atoms with Crippen molar-refractivity contribution in [3.05, 3.63) is 23.7 Å². The maximum atomic E-state index is 11.8. The molecule has 0 fully saturated rings. The number of hydrogen-bond donors (Lipinski definition) is 1. The first kappa shape index (κ1) is 13.8. The second-order valence-corrected chi connectivity index (χ2v) is 4.68. The number of nitrogens with one attached hydrogen (secondary N) is 1. The lowest BCUT2D eigenvalue weighted by molar-refractivity contribution is -0.121. The molecule has 102 valence electrons. The normalized spacial score (nSPS) is 10.9. The number of aryl methyl sites for hydroxylation is 2. The van der Waals surface area contributed by atoms with Crippen molar-refractivity contribution in [1.29, 1.82) is 0 Å². The van der Waals surface area contributed by atoms with E-state index in [0.717, 1.165) is 22.7 Å². The molecule has 0 saturated heterocycles. The molecule has 2 aromatic rings. The number of hydrogen-bond acceptors (Lipinski definition) is 3. The maximum absolute atomic E-state index is 11.8. The number of pyridine rings is 1. The van der Waals surface area contributed by atoms with Gasteiger partial charge in [0.2, 0.25) is 5.91 Å². The van der Waals surface area contributed by atoms with Gasteiger partial charge in [0.25, 0.3) is 0 Å². The van der Waals surface area contributed by atoms with E-state index in [0.29, 0.717) is 18.8 Å². The van der Waals surface area contributed by atoms with Crippen LogP contribution in [0.4, 0.5) is 0 Å². The van der Waals surface area contributed by atoms with Crippen molar-refractivity contribution >= 4 is 28.7 Å². The smallest absolute Gasteiger partial charge is 0.240 e. The number of carbonyl (C=O) groups is 1. The zero-order valence-electron chi connectivity index (χ0n) is 11.1. The molecule has 0 atom stereocenters. The highest BCUT2D eigenvalue weighted by atomic mass is 35.5. The summed E-state index contributed by atoms with van der Waals surface area (Å²) in [5.41, 5.74) is 2.45. The lowest BCUT2D eigenvalue weighted by Gasteiger charge is -2.07. The Morgan fingerprint density at radius 2 is 2.21 bits per heavy atom. The Hall–Kier alpha value is -1.62. The maximum Gasteiger partial charge on any atom is 0.240 e. The van der Waals surface area contributed by atoms with Crippen LogP contribution in [0.15, 0.2) is 12.1 Å². The van der Waals surface area contributed by atoms with E-state index in [4.69, 9.17) is 11.6 Å². The Kier molecular flexibility index (Phi) is 4.37. The molecular weight excluding hydrogens is 264 g/mol. The Morgan fingerprint density at radius 1 is 1.42 bits per heavy atom. The predicted octanol–water partition coefficient (Wildman–Crippen LogP) is 1.66. The van der Waals surface area contributed by atoms with Crippen LogP contribution in [0.25, 0.3) is 11.2 Å². The first-order chi connectivity index (χ1) is 9.15. The Morgan fingerprint density at radius 3 is 2.89 bits per heavy atom. The van der Waals surface area contributed by atoms with Gasteiger partial charge in [-0.2, -0.15) is 0 Å². The molecule has 2 heterocycles. The van der Waals surface area contributed by atoms with Gasteiger partial charge >= 0.3 is 0 Å². The minimum atomic E-state index is -0.0408. The van der Waals surface area contributed by atoms with Gasteiger partial charge in [-0.05, 0) is 26.0 Å². The van der Waals surface area contributed by atoms with E-state index in [1.807, 2.05) is 30.5 Å². The van der Waals surface area contributed by atoms with Gasteiger partial charge < -0.3 is 9.88 Å². The van der Waals surface area contributed by atoms with Crippen molar-refractivity contribution in [2.75, 3.05) is 12.4 Å². The summed E-state index contributed by atoms with van der Waals surface area (Å²) >= 11 is 5.79. The van der Waals surface area contributed by atoms with E-state index in [2.05, 4.69) is 15.3 Å². The summed E-state index contributed by atoms with van der Waals surface area (Å²) < 4.78 is 1.84. The fourth-order valence-corrected chi connectivity index (χ4v) is 2.15. The van der Waals surface area contributed by atoms with Gasteiger partial charge in [-0.3, -0.25) is 4.79 Å². The first-order valence-corrected chi connectivity index (χ1v) is 6.84. The zero-order chi connectivity index (χ0) is 13.8. The number of imidazole rings is 1. The lowest BCUT2D eigenvalue weighted by atomic mass is 10.3. The van der Waals surface area contributed by atoms with Crippen molar-refractivity contribution in [2.24, 2.45) is 0 Å². The van der Waals surface area contributed by atoms with Crippen LogP contribution in [0.2, 0.25) is 0 Å². The van der Waals surface area contributed by atoms with Crippen molar-refractivity contribution in [1.82, 2.24) is 19.9 Å². The highest BCUT2D eigenvalue weighted by Gasteiger charge is 2.14. The molecule has 2 rings (SSSR count). The second-order valence-electron chi connectivity index (χ2n) is 4.30. The third-order valence-corrected chi connectivity index (χ3v) is 2.99. The van der Waals surface area contributed by atoms with E-state index in [9.17, 15) is 4.79 Å². The lowest BCUT2D eigenvalue weighted by Crippen LogP contribution is -2.28. The second kappa shape index (κ2) is 6.02. The molecular formula is C13H17ClN4O. The Balaban J connectivity index is 2.44. The van der Waals surface area contributed by atoms with Crippen LogP contribution in [-0.4, -0.2) is 32.9 Å². The number of carbonyl (C=O) groups excluding carboxylic acids is 1. The van der Waals surface area contributed by atoms with Crippen molar-refractivity contribution in [3.63, 3.8) is 0 Å². The zero-order valence-corrected chi connectivity index (χ0v) is 11.9. The average Bonchev–Trinajstić information content (AvgIpc) is 2.68. The van der Waals surface area contributed by atoms with Crippen LogP contribution in [0.5, 0.6) is 0 Å². The summed E-state index contributed by atoms with van der Waals surface area (Å²) in [6.45, 7) is 4.66. The highest BCUT2D eigenvalue weighted by molar-refractivity contribution is 6.17. The average molecular weight is 281 g/mol. The van der Waals surface area contributed by atoms with Crippen LogP contribution in [0.1, 0.15) is 18.4 Å². The number of fused-ring (bicyclic) bond motifs is 1. The number of alkyl halides is 1. The van der Waals surface area contributed by atoms with Crippen molar-refractivity contribution in [2.45, 2.75) is 26.8 Å². The topological polar surface area (TPSA) is 59.8 Å². The number of aromatic nitrogens is 3. The first-order valence-electron chi connectivity index (χ1n) is 6.31. The van der Waals surface area contributed by atoms with Gasteiger partial charge in [-0.25, -0.2) is 9.97 Å². The standard InChI is InChI=1S/C13H17ClN4O/c1-3-15-12(19)8-18-11(6-7-14)17-10-5-4-9(2)16-13(10)18/h4-5H,3,6-8H2,1-2H3,(H,15,19). The van der Waals surface area contributed by atoms with Gasteiger partial charge in [0.15, 0.2) is 5.65 Å². The van der Waals surface area contributed by atoms with Crippen molar-refractivity contribution < 1.29 is 4.79 Å². The quantitative estimate of drug-likeness (QED) is 0.848. The van der Waals surface area contributed by atoms with Crippen LogP contribution < -0.4 is 5.32 Å². The van der Waals surface area contributed by atoms with E-state index in [1.54, 1.807) is 0 Å². The largest absolute Gasteiger partial charge is 0.355 e. The van der Waals surface area contributed by atoms with Crippen LogP contribution >= 0.6 is 11.6 Å². The van der Waals surface area contributed by atoms with Gasteiger partial charge in [0.1, 0.15) is 17.9 Å². The van der Waals surface area contributed by atoms with Crippen LogP contribution in [0.3, 0.4) is 0 Å². The third-order valence-electron chi connectivity index (χ3n) is 2.80. The minimum absolute atomic E-state index is 0.0408. The molecule has 0 bridgehead atoms. The molecule has 0 aliphatic rings. The highest BCUT2D eigenvalue weighted by Crippen LogP contribution is 2.15. The molecule has 0 aliphatic carbocycles. The number of halogens is 1. The van der Waals surface area contributed by atoms with Gasteiger partial charge in [0, 0.05) is 24.5 Å². The number of likely N-dealkylation sites (N-methyl/N-ethyl adjacent to an activating group) is 1. The number of amides is 1. The Labute approximate surface area is 117 Å². The van der Waals surface area contributed by atoms with Crippen molar-refractivity contribution in [3.8, 4) is 0 Å². The summed E-state index contributed by atoms with van der Waals surface area (Å²) in [5.74, 6) is 1.23. The molecule has 0 spiro atoms. The van der Waals surface area contributed by atoms with E-state index in [-0.39, 0.29) is 12.5 Å². The Bertz CT molecular complexity index is 594. The van der Waals surface area contributed by atoms with E-state index < -0.39 is 0 Å². The van der Waals surface area contributed by atoms with Gasteiger partial charge in [-0.15, -0.1) is 11.6 Å². The summed E-state index contributed by atoms with van der Waals surface area (Å²) in [6.07, 6.45) is 0.621. The van der Waals surface area contributed by atoms with E-state index >= 15 is 0 Å². The molecule has 0 aliphatic heterocycles. The molecule has 0 aromatic carbocycles. The minimum Gasteiger partial charge on any atom is -0.355 e. The molecule has 6 heteroatoms. The molecule has 0 saturated carbocycles. The predicted molar refractivity (Wildman–Crippen MR) is 75.4 cm³/mol. The SMILES string of the molecule is CCNC(=O)Cn1c(CCCl)nc2ccc(C)nc21. The van der Waals surface area contributed by atoms with Gasteiger partial charge in [-0.1, -0.05) is 0 Å². The molecule has 1 N–H and O–H groups in total. The number of rotatable bonds is 5.